The highest BCUT2D eigenvalue weighted by Crippen LogP contribution is 2.51. The first-order valence-electron chi connectivity index (χ1n) is 10.3. The van der Waals surface area contributed by atoms with E-state index in [1.165, 1.54) is 53.7 Å². The fourth-order valence-electron chi connectivity index (χ4n) is 4.90. The Morgan fingerprint density at radius 1 is 0.852 bits per heavy atom. The molecule has 0 radical (unpaired) electrons. The van der Waals surface area contributed by atoms with E-state index < -0.39 is 0 Å². The second-order valence-electron chi connectivity index (χ2n) is 7.89. The number of allylic oxidation sites excluding steroid dienone is 3. The summed E-state index contributed by atoms with van der Waals surface area (Å²) in [5.41, 5.74) is 7.01. The van der Waals surface area contributed by atoms with Gasteiger partial charge in [0.1, 0.15) is 11.9 Å². The molecule has 0 saturated heterocycles. The standard InChI is InChI=1S/C26H26O/c1-3-10-19(11-4-1)18-21-14-9-17-24-22-15-7-8-16-23(22)25(27-26(21)24)20-12-5-2-6-13-20/h1-6,10-13,15,18,23,25H,7-9,14,16-17H2/t23-,25-/m0/s1. The Kier molecular flexibility index (Phi) is 4.45. The molecule has 2 atom stereocenters. The number of benzene rings is 2. The summed E-state index contributed by atoms with van der Waals surface area (Å²) >= 11 is 0. The van der Waals surface area contributed by atoms with Gasteiger partial charge in [0.15, 0.2) is 0 Å². The third-order valence-electron chi connectivity index (χ3n) is 6.15. The summed E-state index contributed by atoms with van der Waals surface area (Å²) in [5, 5.41) is 0. The van der Waals surface area contributed by atoms with Gasteiger partial charge in [0.05, 0.1) is 0 Å². The predicted octanol–water partition coefficient (Wildman–Crippen LogP) is 7.01. The molecule has 2 aliphatic carbocycles. The van der Waals surface area contributed by atoms with Gasteiger partial charge in [0.2, 0.25) is 0 Å². The van der Waals surface area contributed by atoms with E-state index in [4.69, 9.17) is 4.74 Å². The molecular weight excluding hydrogens is 328 g/mol. The molecule has 2 aromatic carbocycles. The highest BCUT2D eigenvalue weighted by Gasteiger charge is 2.39. The molecule has 136 valence electrons. The Morgan fingerprint density at radius 3 is 2.44 bits per heavy atom. The van der Waals surface area contributed by atoms with Gasteiger partial charge in [0.25, 0.3) is 0 Å². The van der Waals surface area contributed by atoms with E-state index in [-0.39, 0.29) is 6.10 Å². The van der Waals surface area contributed by atoms with Gasteiger partial charge in [-0.15, -0.1) is 0 Å². The molecule has 1 heteroatoms. The highest BCUT2D eigenvalue weighted by molar-refractivity contribution is 5.61. The van der Waals surface area contributed by atoms with Gasteiger partial charge in [-0.05, 0) is 72.4 Å². The van der Waals surface area contributed by atoms with Crippen molar-refractivity contribution in [2.75, 3.05) is 0 Å². The van der Waals surface area contributed by atoms with Gasteiger partial charge in [-0.25, -0.2) is 0 Å². The number of rotatable bonds is 2. The molecule has 1 heterocycles. The van der Waals surface area contributed by atoms with Crippen molar-refractivity contribution >= 4 is 6.08 Å². The van der Waals surface area contributed by atoms with Crippen LogP contribution in [0.2, 0.25) is 0 Å². The average molecular weight is 354 g/mol. The molecule has 5 rings (SSSR count). The Hall–Kier alpha value is -2.54. The van der Waals surface area contributed by atoms with E-state index in [0.717, 1.165) is 12.8 Å². The lowest BCUT2D eigenvalue weighted by atomic mass is 9.73. The van der Waals surface area contributed by atoms with Crippen molar-refractivity contribution in [2.45, 2.75) is 44.6 Å². The second kappa shape index (κ2) is 7.23. The van der Waals surface area contributed by atoms with Crippen LogP contribution in [0.1, 0.15) is 55.8 Å². The minimum Gasteiger partial charge on any atom is -0.485 e. The van der Waals surface area contributed by atoms with Crippen molar-refractivity contribution in [1.82, 2.24) is 0 Å². The molecule has 0 N–H and O–H groups in total. The summed E-state index contributed by atoms with van der Waals surface area (Å²) in [5.74, 6) is 1.68. The van der Waals surface area contributed by atoms with Gasteiger partial charge in [-0.1, -0.05) is 66.7 Å². The molecule has 1 nitrogen and oxygen atoms in total. The van der Waals surface area contributed by atoms with Crippen LogP contribution in [0.4, 0.5) is 0 Å². The minimum atomic E-state index is 0.147. The first-order valence-corrected chi connectivity index (χ1v) is 10.3. The lowest BCUT2D eigenvalue weighted by Crippen LogP contribution is -2.28. The van der Waals surface area contributed by atoms with E-state index in [0.29, 0.717) is 5.92 Å². The fourth-order valence-corrected chi connectivity index (χ4v) is 4.90. The van der Waals surface area contributed by atoms with Crippen molar-refractivity contribution in [2.24, 2.45) is 5.92 Å². The van der Waals surface area contributed by atoms with Gasteiger partial charge in [-0.2, -0.15) is 0 Å². The van der Waals surface area contributed by atoms with Crippen LogP contribution in [-0.2, 0) is 4.74 Å². The molecule has 0 aromatic heterocycles. The molecule has 0 spiro atoms. The fraction of sp³-hybridized carbons (Fsp3) is 0.308. The lowest BCUT2D eigenvalue weighted by molar-refractivity contribution is 0.0581. The van der Waals surface area contributed by atoms with Crippen molar-refractivity contribution in [3.05, 3.63) is 100 Å². The third-order valence-corrected chi connectivity index (χ3v) is 6.15. The molecule has 0 fully saturated rings. The largest absolute Gasteiger partial charge is 0.485 e. The maximum absolute atomic E-state index is 6.80. The number of fused-ring (bicyclic) bond motifs is 2. The van der Waals surface area contributed by atoms with E-state index in [1.807, 2.05) is 0 Å². The van der Waals surface area contributed by atoms with Crippen LogP contribution in [-0.4, -0.2) is 0 Å². The maximum Gasteiger partial charge on any atom is 0.131 e. The van der Waals surface area contributed by atoms with Gasteiger partial charge in [0, 0.05) is 5.92 Å². The van der Waals surface area contributed by atoms with Crippen molar-refractivity contribution < 1.29 is 4.74 Å². The summed E-state index contributed by atoms with van der Waals surface area (Å²) < 4.78 is 6.80. The first kappa shape index (κ1) is 16.6. The van der Waals surface area contributed by atoms with Crippen molar-refractivity contribution in [3.63, 3.8) is 0 Å². The summed E-state index contributed by atoms with van der Waals surface area (Å²) in [4.78, 5) is 0. The van der Waals surface area contributed by atoms with Crippen molar-refractivity contribution in [1.29, 1.82) is 0 Å². The molecule has 0 saturated carbocycles. The zero-order valence-corrected chi connectivity index (χ0v) is 15.7. The van der Waals surface area contributed by atoms with Crippen LogP contribution in [0.3, 0.4) is 0 Å². The summed E-state index contributed by atoms with van der Waals surface area (Å²) in [6, 6.07) is 21.5. The van der Waals surface area contributed by atoms with Gasteiger partial charge >= 0.3 is 0 Å². The van der Waals surface area contributed by atoms with Crippen molar-refractivity contribution in [3.8, 4) is 0 Å². The Bertz CT molecular complexity index is 902. The molecule has 0 unspecified atom stereocenters. The Labute approximate surface area is 162 Å². The van der Waals surface area contributed by atoms with E-state index in [1.54, 1.807) is 5.57 Å². The molecule has 0 amide bonds. The number of ether oxygens (including phenoxy) is 1. The third kappa shape index (κ3) is 3.16. The SMILES string of the molecule is C(=C1CCCC2=C1O[C@@H](c1ccccc1)[C@H]1CCCC=C21)c1ccccc1. The van der Waals surface area contributed by atoms with E-state index in [9.17, 15) is 0 Å². The van der Waals surface area contributed by atoms with Crippen LogP contribution in [0.15, 0.2) is 89.2 Å². The quantitative estimate of drug-likeness (QED) is 0.564. The zero-order valence-electron chi connectivity index (χ0n) is 15.7. The van der Waals surface area contributed by atoms with Gasteiger partial charge in [-0.3, -0.25) is 0 Å². The summed E-state index contributed by atoms with van der Waals surface area (Å²) in [7, 11) is 0. The maximum atomic E-state index is 6.80. The first-order chi connectivity index (χ1) is 13.4. The molecule has 2 aromatic rings. The van der Waals surface area contributed by atoms with Crippen LogP contribution in [0, 0.1) is 5.92 Å². The topological polar surface area (TPSA) is 9.23 Å². The van der Waals surface area contributed by atoms with Crippen LogP contribution in [0.5, 0.6) is 0 Å². The molecule has 27 heavy (non-hydrogen) atoms. The van der Waals surface area contributed by atoms with E-state index >= 15 is 0 Å². The summed E-state index contributed by atoms with van der Waals surface area (Å²) in [6.07, 6.45) is 12.2. The molecule has 1 aliphatic heterocycles. The zero-order chi connectivity index (χ0) is 18.1. The molecule has 3 aliphatic rings. The Morgan fingerprint density at radius 2 is 1.63 bits per heavy atom. The number of hydrogen-bond acceptors (Lipinski definition) is 1. The predicted molar refractivity (Wildman–Crippen MR) is 111 cm³/mol. The van der Waals surface area contributed by atoms with E-state index in [2.05, 4.69) is 72.8 Å². The van der Waals surface area contributed by atoms with Crippen LogP contribution in [0.25, 0.3) is 6.08 Å². The monoisotopic (exact) mass is 354 g/mol. The molecular formula is C26H26O. The van der Waals surface area contributed by atoms with Crippen LogP contribution >= 0.6 is 0 Å². The summed E-state index contributed by atoms with van der Waals surface area (Å²) in [6.45, 7) is 0. The smallest absolute Gasteiger partial charge is 0.131 e. The number of hydrogen-bond donors (Lipinski definition) is 0. The average Bonchev–Trinajstić information content (AvgIpc) is 2.75. The normalized spacial score (nSPS) is 26.1. The highest BCUT2D eigenvalue weighted by atomic mass is 16.5. The van der Waals surface area contributed by atoms with Crippen LogP contribution < -0.4 is 0 Å². The van der Waals surface area contributed by atoms with Gasteiger partial charge < -0.3 is 4.74 Å². The minimum absolute atomic E-state index is 0.147. The molecule has 0 bridgehead atoms. The Balaban J connectivity index is 1.60. The lowest BCUT2D eigenvalue weighted by Gasteiger charge is -2.41. The second-order valence-corrected chi connectivity index (χ2v) is 7.89.